The van der Waals surface area contributed by atoms with Crippen molar-refractivity contribution in [2.75, 3.05) is 37.4 Å². The number of carbonyl (C=O) groups excluding carboxylic acids is 1. The summed E-state index contributed by atoms with van der Waals surface area (Å²) in [5.41, 5.74) is 5.70. The minimum atomic E-state index is -0.397. The summed E-state index contributed by atoms with van der Waals surface area (Å²) in [6.07, 6.45) is 0. The molecule has 116 valence electrons. The maximum atomic E-state index is 12.0. The van der Waals surface area contributed by atoms with Gasteiger partial charge in [-0.3, -0.25) is 4.79 Å². The zero-order chi connectivity index (χ0) is 15.6. The van der Waals surface area contributed by atoms with Gasteiger partial charge in [0.05, 0.1) is 13.2 Å². The van der Waals surface area contributed by atoms with Gasteiger partial charge in [-0.2, -0.15) is 0 Å². The third-order valence-electron chi connectivity index (χ3n) is 3.38. The van der Waals surface area contributed by atoms with Crippen molar-refractivity contribution in [1.29, 1.82) is 0 Å². The molecule has 1 aromatic heterocycles. The SMILES string of the molecule is CNC(=O)C1COCCN1c1cc(N)nc(C(C)(C)C)n1. The summed E-state index contributed by atoms with van der Waals surface area (Å²) in [6.45, 7) is 7.58. The third kappa shape index (κ3) is 3.41. The Hall–Kier alpha value is -1.89. The predicted molar refractivity (Wildman–Crippen MR) is 81.2 cm³/mol. The highest BCUT2D eigenvalue weighted by molar-refractivity contribution is 5.85. The van der Waals surface area contributed by atoms with Crippen LogP contribution in [0.25, 0.3) is 0 Å². The van der Waals surface area contributed by atoms with Gasteiger partial charge in [-0.25, -0.2) is 9.97 Å². The maximum Gasteiger partial charge on any atom is 0.244 e. The van der Waals surface area contributed by atoms with Crippen molar-refractivity contribution in [3.63, 3.8) is 0 Å². The smallest absolute Gasteiger partial charge is 0.244 e. The van der Waals surface area contributed by atoms with Crippen LogP contribution in [0.5, 0.6) is 0 Å². The summed E-state index contributed by atoms with van der Waals surface area (Å²) in [5, 5.41) is 2.66. The van der Waals surface area contributed by atoms with Crippen LogP contribution in [-0.2, 0) is 14.9 Å². The normalized spacial score (nSPS) is 19.4. The van der Waals surface area contributed by atoms with E-state index in [0.29, 0.717) is 37.2 Å². The van der Waals surface area contributed by atoms with E-state index in [1.165, 1.54) is 0 Å². The lowest BCUT2D eigenvalue weighted by atomic mass is 9.95. The average Bonchev–Trinajstić information content (AvgIpc) is 2.45. The summed E-state index contributed by atoms with van der Waals surface area (Å²) in [7, 11) is 1.62. The number of hydrogen-bond acceptors (Lipinski definition) is 6. The lowest BCUT2D eigenvalue weighted by Gasteiger charge is -2.35. The van der Waals surface area contributed by atoms with Crippen LogP contribution in [0, 0.1) is 0 Å². The monoisotopic (exact) mass is 293 g/mol. The molecule has 0 bridgehead atoms. The molecule has 1 aromatic rings. The van der Waals surface area contributed by atoms with Gasteiger partial charge in [0, 0.05) is 25.1 Å². The summed E-state index contributed by atoms with van der Waals surface area (Å²) in [4.78, 5) is 22.8. The summed E-state index contributed by atoms with van der Waals surface area (Å²) in [6, 6.07) is 1.31. The van der Waals surface area contributed by atoms with E-state index in [1.54, 1.807) is 13.1 Å². The Morgan fingerprint density at radius 2 is 2.19 bits per heavy atom. The van der Waals surface area contributed by atoms with E-state index in [4.69, 9.17) is 10.5 Å². The fourth-order valence-corrected chi connectivity index (χ4v) is 2.20. The quantitative estimate of drug-likeness (QED) is 0.815. The van der Waals surface area contributed by atoms with Crippen molar-refractivity contribution in [3.8, 4) is 0 Å². The minimum absolute atomic E-state index is 0.0933. The van der Waals surface area contributed by atoms with Gasteiger partial charge >= 0.3 is 0 Å². The number of likely N-dealkylation sites (N-methyl/N-ethyl adjacent to an activating group) is 1. The number of nitrogens with two attached hydrogens (primary N) is 1. The van der Waals surface area contributed by atoms with Crippen LogP contribution >= 0.6 is 0 Å². The van der Waals surface area contributed by atoms with Crippen LogP contribution in [0.15, 0.2) is 6.07 Å². The number of nitrogens with zero attached hydrogens (tertiary/aromatic N) is 3. The average molecular weight is 293 g/mol. The van der Waals surface area contributed by atoms with Crippen molar-refractivity contribution in [2.45, 2.75) is 32.2 Å². The Morgan fingerprint density at radius 1 is 1.48 bits per heavy atom. The molecule has 1 amide bonds. The number of carbonyl (C=O) groups is 1. The van der Waals surface area contributed by atoms with Gasteiger partial charge in [-0.05, 0) is 0 Å². The fraction of sp³-hybridized carbons (Fsp3) is 0.643. The molecule has 1 atom stereocenters. The molecular formula is C14H23N5O2. The van der Waals surface area contributed by atoms with E-state index in [2.05, 4.69) is 15.3 Å². The number of amides is 1. The summed E-state index contributed by atoms with van der Waals surface area (Å²) >= 11 is 0. The molecule has 7 heteroatoms. The number of nitrogen functional groups attached to an aromatic ring is 1. The Kier molecular flexibility index (Phi) is 4.32. The van der Waals surface area contributed by atoms with Crippen LogP contribution < -0.4 is 16.0 Å². The number of aromatic nitrogens is 2. The molecule has 21 heavy (non-hydrogen) atoms. The minimum Gasteiger partial charge on any atom is -0.384 e. The van der Waals surface area contributed by atoms with Gasteiger partial charge in [0.2, 0.25) is 5.91 Å². The number of rotatable bonds is 2. The molecule has 3 N–H and O–H groups in total. The molecular weight excluding hydrogens is 270 g/mol. The highest BCUT2D eigenvalue weighted by Gasteiger charge is 2.31. The first-order chi connectivity index (χ1) is 9.82. The topological polar surface area (TPSA) is 93.4 Å². The molecule has 1 aliphatic rings. The van der Waals surface area contributed by atoms with Gasteiger partial charge < -0.3 is 20.7 Å². The molecule has 1 unspecified atom stereocenters. The predicted octanol–water partition coefficient (Wildman–Crippen LogP) is 0.308. The highest BCUT2D eigenvalue weighted by Crippen LogP contribution is 2.25. The van der Waals surface area contributed by atoms with Crippen molar-refractivity contribution < 1.29 is 9.53 Å². The second-order valence-electron chi connectivity index (χ2n) is 6.12. The zero-order valence-corrected chi connectivity index (χ0v) is 13.0. The number of morpholine rings is 1. The highest BCUT2D eigenvalue weighted by atomic mass is 16.5. The Balaban J connectivity index is 2.39. The number of nitrogens with one attached hydrogen (secondary N) is 1. The zero-order valence-electron chi connectivity index (χ0n) is 13.0. The molecule has 2 heterocycles. The third-order valence-corrected chi connectivity index (χ3v) is 3.38. The van der Waals surface area contributed by atoms with Crippen LogP contribution in [-0.4, -0.2) is 48.7 Å². The number of anilines is 2. The van der Waals surface area contributed by atoms with E-state index < -0.39 is 6.04 Å². The van der Waals surface area contributed by atoms with Gasteiger partial charge in [0.1, 0.15) is 23.5 Å². The van der Waals surface area contributed by atoms with Crippen molar-refractivity contribution in [2.24, 2.45) is 0 Å². The van der Waals surface area contributed by atoms with Crippen molar-refractivity contribution >= 4 is 17.5 Å². The second-order valence-corrected chi connectivity index (χ2v) is 6.12. The molecule has 0 saturated carbocycles. The maximum absolute atomic E-state index is 12.0. The molecule has 1 fully saturated rings. The first kappa shape index (κ1) is 15.5. The molecule has 1 aliphatic heterocycles. The molecule has 7 nitrogen and oxygen atoms in total. The molecule has 2 rings (SSSR count). The van der Waals surface area contributed by atoms with E-state index in [0.717, 1.165) is 0 Å². The molecule has 0 aromatic carbocycles. The Bertz CT molecular complexity index is 527. The molecule has 0 aliphatic carbocycles. The van der Waals surface area contributed by atoms with Gasteiger partial charge in [-0.15, -0.1) is 0 Å². The van der Waals surface area contributed by atoms with Gasteiger partial charge in [0.15, 0.2) is 0 Å². The van der Waals surface area contributed by atoms with E-state index >= 15 is 0 Å². The van der Waals surface area contributed by atoms with E-state index in [-0.39, 0.29) is 11.3 Å². The summed E-state index contributed by atoms with van der Waals surface area (Å²) in [5.74, 6) is 1.65. The largest absolute Gasteiger partial charge is 0.384 e. The standard InChI is InChI=1S/C14H23N5O2/c1-14(2,3)13-17-10(15)7-11(18-13)19-5-6-21-8-9(19)12(20)16-4/h7,9H,5-6,8H2,1-4H3,(H,16,20)(H2,15,17,18). The van der Waals surface area contributed by atoms with Gasteiger partial charge in [-0.1, -0.05) is 20.8 Å². The van der Waals surface area contributed by atoms with Crippen LogP contribution in [0.3, 0.4) is 0 Å². The Labute approximate surface area is 124 Å². The lowest BCUT2D eigenvalue weighted by molar-refractivity contribution is -0.124. The van der Waals surface area contributed by atoms with Crippen LogP contribution in [0.1, 0.15) is 26.6 Å². The molecule has 0 spiro atoms. The van der Waals surface area contributed by atoms with E-state index in [1.807, 2.05) is 25.7 Å². The first-order valence-corrected chi connectivity index (χ1v) is 7.04. The second kappa shape index (κ2) is 5.85. The number of hydrogen-bond donors (Lipinski definition) is 2. The first-order valence-electron chi connectivity index (χ1n) is 7.04. The van der Waals surface area contributed by atoms with E-state index in [9.17, 15) is 4.79 Å². The molecule has 1 saturated heterocycles. The van der Waals surface area contributed by atoms with Crippen LogP contribution in [0.4, 0.5) is 11.6 Å². The van der Waals surface area contributed by atoms with Crippen molar-refractivity contribution in [3.05, 3.63) is 11.9 Å². The van der Waals surface area contributed by atoms with Crippen molar-refractivity contribution in [1.82, 2.24) is 15.3 Å². The van der Waals surface area contributed by atoms with Gasteiger partial charge in [0.25, 0.3) is 0 Å². The molecule has 0 radical (unpaired) electrons. The number of ether oxygens (including phenoxy) is 1. The summed E-state index contributed by atoms with van der Waals surface area (Å²) < 4.78 is 5.41. The Morgan fingerprint density at radius 3 is 2.81 bits per heavy atom. The lowest BCUT2D eigenvalue weighted by Crippen LogP contribution is -2.53. The fourth-order valence-electron chi connectivity index (χ4n) is 2.20. The van der Waals surface area contributed by atoms with Crippen LogP contribution in [0.2, 0.25) is 0 Å².